The predicted molar refractivity (Wildman–Crippen MR) is 124 cm³/mol. The summed E-state index contributed by atoms with van der Waals surface area (Å²) in [5.74, 6) is 0.102. The highest BCUT2D eigenvalue weighted by molar-refractivity contribution is 7.89. The van der Waals surface area contributed by atoms with Gasteiger partial charge in [-0.05, 0) is 30.3 Å². The molecule has 0 spiro atoms. The van der Waals surface area contributed by atoms with Crippen molar-refractivity contribution >= 4 is 37.5 Å². The summed E-state index contributed by atoms with van der Waals surface area (Å²) < 4.78 is 56.2. The summed E-state index contributed by atoms with van der Waals surface area (Å²) >= 11 is 0.916. The van der Waals surface area contributed by atoms with Crippen molar-refractivity contribution in [3.05, 3.63) is 83.7 Å². The highest BCUT2D eigenvalue weighted by Gasteiger charge is 2.22. The van der Waals surface area contributed by atoms with Gasteiger partial charge in [-0.15, -0.1) is 19.6 Å². The zero-order valence-electron chi connectivity index (χ0n) is 17.4. The Morgan fingerprint density at radius 2 is 1.82 bits per heavy atom. The number of hydrogen-bond donors (Lipinski definition) is 0. The molecule has 0 aliphatic carbocycles. The van der Waals surface area contributed by atoms with Crippen molar-refractivity contribution in [2.75, 3.05) is 13.1 Å². The van der Waals surface area contributed by atoms with E-state index >= 15 is 0 Å². The summed E-state index contributed by atoms with van der Waals surface area (Å²) in [5, 5.41) is 0. The Balaban J connectivity index is 2.00. The summed E-state index contributed by atoms with van der Waals surface area (Å²) in [6.07, 6.45) is 8.29. The lowest BCUT2D eigenvalue weighted by molar-refractivity contribution is 0.0997. The largest absolute Gasteiger partial charge is 0.302 e. The van der Waals surface area contributed by atoms with Gasteiger partial charge in [-0.25, -0.2) is 17.2 Å². The maximum absolute atomic E-state index is 14.3. The standard InChI is InChI=1S/C23H19F2N3O3S2/c1-4-11-27(12-5-2)33(30,31)18-9-7-16(8-10-18)22(29)26-23-28(13-6-3)21-19(25)14-17(24)15-20(21)32-23/h3-5,7-10,14-15H,1-2,11-13H2. The van der Waals surface area contributed by atoms with Crippen LogP contribution in [-0.4, -0.2) is 36.3 Å². The molecule has 33 heavy (non-hydrogen) atoms. The fourth-order valence-electron chi connectivity index (χ4n) is 3.08. The molecule has 0 saturated carbocycles. The molecule has 3 aromatic rings. The number of halogens is 2. The van der Waals surface area contributed by atoms with Crippen LogP contribution in [0.15, 0.2) is 71.6 Å². The van der Waals surface area contributed by atoms with E-state index in [4.69, 9.17) is 6.42 Å². The van der Waals surface area contributed by atoms with Gasteiger partial charge in [0.1, 0.15) is 5.82 Å². The summed E-state index contributed by atoms with van der Waals surface area (Å²) in [7, 11) is -3.82. The van der Waals surface area contributed by atoms with Crippen LogP contribution in [-0.2, 0) is 16.6 Å². The van der Waals surface area contributed by atoms with Gasteiger partial charge in [0.15, 0.2) is 10.6 Å². The first-order chi connectivity index (χ1) is 15.7. The highest BCUT2D eigenvalue weighted by atomic mass is 32.2. The fraction of sp³-hybridized carbons (Fsp3) is 0.130. The van der Waals surface area contributed by atoms with Gasteiger partial charge in [0.25, 0.3) is 5.91 Å². The quantitative estimate of drug-likeness (QED) is 0.359. The summed E-state index contributed by atoms with van der Waals surface area (Å²) in [6, 6.07) is 7.13. The van der Waals surface area contributed by atoms with Gasteiger partial charge in [-0.1, -0.05) is 29.4 Å². The maximum Gasteiger partial charge on any atom is 0.279 e. The van der Waals surface area contributed by atoms with E-state index in [0.717, 1.165) is 23.5 Å². The topological polar surface area (TPSA) is 71.7 Å². The molecule has 0 fully saturated rings. The Hall–Kier alpha value is -3.39. The molecule has 2 aromatic carbocycles. The number of aromatic nitrogens is 1. The Morgan fingerprint density at radius 3 is 2.39 bits per heavy atom. The van der Waals surface area contributed by atoms with Crippen molar-refractivity contribution in [2.45, 2.75) is 11.4 Å². The minimum atomic E-state index is -3.82. The van der Waals surface area contributed by atoms with E-state index in [1.165, 1.54) is 45.3 Å². The zero-order chi connectivity index (χ0) is 24.2. The van der Waals surface area contributed by atoms with Crippen LogP contribution in [0.2, 0.25) is 0 Å². The molecule has 0 saturated heterocycles. The Kier molecular flexibility index (Phi) is 7.38. The van der Waals surface area contributed by atoms with Crippen LogP contribution in [0.1, 0.15) is 10.4 Å². The van der Waals surface area contributed by atoms with E-state index < -0.39 is 27.6 Å². The Bertz CT molecular complexity index is 1440. The van der Waals surface area contributed by atoms with E-state index in [9.17, 15) is 22.0 Å². The number of nitrogens with zero attached hydrogens (tertiary/aromatic N) is 3. The van der Waals surface area contributed by atoms with Crippen molar-refractivity contribution in [3.8, 4) is 12.3 Å². The van der Waals surface area contributed by atoms with Crippen molar-refractivity contribution in [3.63, 3.8) is 0 Å². The van der Waals surface area contributed by atoms with Gasteiger partial charge in [0, 0.05) is 24.7 Å². The molecule has 3 rings (SSSR count). The summed E-state index contributed by atoms with van der Waals surface area (Å²) in [4.78, 5) is 16.8. The van der Waals surface area contributed by atoms with Crippen molar-refractivity contribution < 1.29 is 22.0 Å². The molecule has 0 aliphatic rings. The lowest BCUT2D eigenvalue weighted by Crippen LogP contribution is -2.31. The first-order valence-corrected chi connectivity index (χ1v) is 11.8. The average molecular weight is 488 g/mol. The molecule has 1 aromatic heterocycles. The minimum Gasteiger partial charge on any atom is -0.302 e. The van der Waals surface area contributed by atoms with Crippen molar-refractivity contribution in [2.24, 2.45) is 4.99 Å². The predicted octanol–water partition coefficient (Wildman–Crippen LogP) is 3.72. The number of hydrogen-bond acceptors (Lipinski definition) is 4. The van der Waals surface area contributed by atoms with E-state index in [1.807, 2.05) is 0 Å². The van der Waals surface area contributed by atoms with Crippen LogP contribution < -0.4 is 4.80 Å². The van der Waals surface area contributed by atoms with Gasteiger partial charge in [0.2, 0.25) is 10.0 Å². The SMILES string of the molecule is C#CCn1c(=NC(=O)c2ccc(S(=O)(=O)N(CC=C)CC=C)cc2)sc2cc(F)cc(F)c21. The minimum absolute atomic E-state index is 0.00967. The molecular formula is C23H19F2N3O3S2. The smallest absolute Gasteiger partial charge is 0.279 e. The third-order valence-electron chi connectivity index (χ3n) is 4.55. The molecule has 10 heteroatoms. The average Bonchev–Trinajstić information content (AvgIpc) is 3.10. The summed E-state index contributed by atoms with van der Waals surface area (Å²) in [5.41, 5.74) is 0.168. The molecule has 0 N–H and O–H groups in total. The Morgan fingerprint density at radius 1 is 1.18 bits per heavy atom. The van der Waals surface area contributed by atoms with Crippen LogP contribution in [0, 0.1) is 24.0 Å². The van der Waals surface area contributed by atoms with Crippen LogP contribution >= 0.6 is 11.3 Å². The third-order valence-corrected chi connectivity index (χ3v) is 7.42. The zero-order valence-corrected chi connectivity index (χ0v) is 19.0. The Labute approximate surface area is 193 Å². The molecule has 0 radical (unpaired) electrons. The van der Waals surface area contributed by atoms with E-state index in [-0.39, 0.29) is 45.1 Å². The monoisotopic (exact) mass is 487 g/mol. The number of rotatable bonds is 8. The van der Waals surface area contributed by atoms with Crippen LogP contribution in [0.25, 0.3) is 10.2 Å². The van der Waals surface area contributed by atoms with Gasteiger partial charge in [0.05, 0.1) is 21.7 Å². The molecule has 0 atom stereocenters. The third kappa shape index (κ3) is 5.01. The molecule has 0 bridgehead atoms. The van der Waals surface area contributed by atoms with Gasteiger partial charge in [-0.3, -0.25) is 4.79 Å². The number of terminal acetylenes is 1. The highest BCUT2D eigenvalue weighted by Crippen LogP contribution is 2.22. The number of sulfonamides is 1. The van der Waals surface area contributed by atoms with Crippen LogP contribution in [0.4, 0.5) is 8.78 Å². The second kappa shape index (κ2) is 10.0. The normalized spacial score (nSPS) is 12.1. The van der Waals surface area contributed by atoms with Gasteiger partial charge < -0.3 is 4.57 Å². The molecular weight excluding hydrogens is 468 g/mol. The van der Waals surface area contributed by atoms with E-state index in [1.54, 1.807) is 0 Å². The molecule has 1 heterocycles. The number of benzene rings is 2. The second-order valence-corrected chi connectivity index (χ2v) is 9.70. The van der Waals surface area contributed by atoms with E-state index in [2.05, 4.69) is 24.1 Å². The van der Waals surface area contributed by atoms with Gasteiger partial charge >= 0.3 is 0 Å². The molecule has 0 aliphatic heterocycles. The molecule has 0 unspecified atom stereocenters. The van der Waals surface area contributed by atoms with Crippen LogP contribution in [0.5, 0.6) is 0 Å². The van der Waals surface area contributed by atoms with Crippen LogP contribution in [0.3, 0.4) is 0 Å². The molecule has 1 amide bonds. The molecule has 170 valence electrons. The van der Waals surface area contributed by atoms with Crippen molar-refractivity contribution in [1.29, 1.82) is 0 Å². The fourth-order valence-corrected chi connectivity index (χ4v) is 5.53. The summed E-state index contributed by atoms with van der Waals surface area (Å²) in [6.45, 7) is 7.24. The number of fused-ring (bicyclic) bond motifs is 1. The first-order valence-electron chi connectivity index (χ1n) is 9.55. The number of carbonyl (C=O) groups is 1. The van der Waals surface area contributed by atoms with Crippen molar-refractivity contribution in [1.82, 2.24) is 8.87 Å². The van der Waals surface area contributed by atoms with E-state index in [0.29, 0.717) is 0 Å². The number of carbonyl (C=O) groups excluding carboxylic acids is 1. The number of amides is 1. The second-order valence-electron chi connectivity index (χ2n) is 6.75. The lowest BCUT2D eigenvalue weighted by Gasteiger charge is -2.19. The molecule has 6 nitrogen and oxygen atoms in total. The maximum atomic E-state index is 14.3. The van der Waals surface area contributed by atoms with Gasteiger partial charge in [-0.2, -0.15) is 9.30 Å². The lowest BCUT2D eigenvalue weighted by atomic mass is 10.2. The number of thiazole rings is 1. The first kappa shape index (κ1) is 24.3.